The summed E-state index contributed by atoms with van der Waals surface area (Å²) in [5, 5.41) is 24.1. The molecule has 0 aromatic rings. The Balaban J connectivity index is 1.43. The van der Waals surface area contributed by atoms with Crippen LogP contribution in [0.2, 0.25) is 0 Å². The van der Waals surface area contributed by atoms with Crippen LogP contribution in [0.15, 0.2) is 11.6 Å². The minimum Gasteiger partial charge on any atom is -0.462 e. The summed E-state index contributed by atoms with van der Waals surface area (Å²) >= 11 is 0. The normalized spacial score (nSPS) is 47.8. The number of carbonyl (C=O) groups excluding carboxylic acids is 3. The SMILES string of the molecule is CC(C)C(=O)O[C@H]1CC[C@]2(C=O)C3CC[C@]4(C)[C@@H](C5=CC(=O)OC5)CC[C@]4(O)C3CC[C@]2(O)C1. The van der Waals surface area contributed by atoms with Crippen molar-refractivity contribution in [2.45, 2.75) is 95.9 Å². The first-order valence-corrected chi connectivity index (χ1v) is 13.0. The Kier molecular flexibility index (Phi) is 5.56. The molecule has 4 aliphatic carbocycles. The fourth-order valence-corrected chi connectivity index (χ4v) is 8.72. The molecule has 0 amide bonds. The van der Waals surface area contributed by atoms with E-state index in [2.05, 4.69) is 6.92 Å². The highest BCUT2D eigenvalue weighted by atomic mass is 16.5. The van der Waals surface area contributed by atoms with Crippen LogP contribution in [0.25, 0.3) is 0 Å². The fraction of sp³-hybridized carbons (Fsp3) is 0.815. The van der Waals surface area contributed by atoms with Crippen LogP contribution in [0.1, 0.15) is 78.6 Å². The first-order chi connectivity index (χ1) is 16.0. The van der Waals surface area contributed by atoms with Gasteiger partial charge in [0.2, 0.25) is 0 Å². The minimum absolute atomic E-state index is 0.0871. The number of rotatable bonds is 4. The number of fused-ring (bicyclic) bond motifs is 5. The third-order valence-corrected chi connectivity index (χ3v) is 10.6. The molecule has 4 saturated carbocycles. The molecule has 7 heteroatoms. The lowest BCUT2D eigenvalue weighted by Crippen LogP contribution is -2.69. The maximum absolute atomic E-state index is 12.8. The molecule has 2 N–H and O–H groups in total. The molecular formula is C27H38O7. The molecule has 5 aliphatic rings. The van der Waals surface area contributed by atoms with Gasteiger partial charge >= 0.3 is 11.9 Å². The van der Waals surface area contributed by atoms with Gasteiger partial charge in [-0.05, 0) is 74.7 Å². The summed E-state index contributed by atoms with van der Waals surface area (Å²) in [5.74, 6) is -0.930. The van der Waals surface area contributed by atoms with E-state index in [9.17, 15) is 24.6 Å². The van der Waals surface area contributed by atoms with Gasteiger partial charge in [0.1, 0.15) is 19.0 Å². The van der Waals surface area contributed by atoms with Crippen LogP contribution in [-0.4, -0.2) is 52.4 Å². The molecule has 7 nitrogen and oxygen atoms in total. The smallest absolute Gasteiger partial charge is 0.331 e. The molecule has 8 atom stereocenters. The third kappa shape index (κ3) is 3.11. The standard InChI is InChI=1S/C27H38O7/c1-16(2)23(30)34-18-4-9-25(15-28)20-5-8-24(3)19(17-12-22(29)33-14-17)7-11-27(24,32)21(20)6-10-26(25,31)13-18/h12,15-16,18-21,31-32H,4-11,13-14H2,1-3H3/t18-,19+,20?,21?,24+,25-,26-,27-/m0/s1. The van der Waals surface area contributed by atoms with Crippen LogP contribution >= 0.6 is 0 Å². The van der Waals surface area contributed by atoms with Gasteiger partial charge < -0.3 is 24.5 Å². The van der Waals surface area contributed by atoms with E-state index in [0.717, 1.165) is 31.1 Å². The summed E-state index contributed by atoms with van der Waals surface area (Å²) in [6, 6.07) is 0. The van der Waals surface area contributed by atoms with Gasteiger partial charge in [0.15, 0.2) is 0 Å². The number of aliphatic hydroxyl groups is 2. The van der Waals surface area contributed by atoms with Gasteiger partial charge in [-0.25, -0.2) is 4.79 Å². The minimum atomic E-state index is -1.23. The van der Waals surface area contributed by atoms with Crippen LogP contribution in [0.5, 0.6) is 0 Å². The molecule has 4 fully saturated rings. The lowest BCUT2D eigenvalue weighted by atomic mass is 9.41. The number of ether oxygens (including phenoxy) is 2. The van der Waals surface area contributed by atoms with Crippen LogP contribution in [0, 0.1) is 34.5 Å². The van der Waals surface area contributed by atoms with Gasteiger partial charge in [-0.1, -0.05) is 20.8 Å². The van der Waals surface area contributed by atoms with Crippen molar-refractivity contribution in [2.24, 2.45) is 34.5 Å². The van der Waals surface area contributed by atoms with Crippen molar-refractivity contribution < 1.29 is 34.1 Å². The molecular weight excluding hydrogens is 436 g/mol. The Labute approximate surface area is 201 Å². The van der Waals surface area contributed by atoms with E-state index in [4.69, 9.17) is 9.47 Å². The molecule has 0 aromatic heterocycles. The van der Waals surface area contributed by atoms with Crippen molar-refractivity contribution in [1.29, 1.82) is 0 Å². The summed E-state index contributed by atoms with van der Waals surface area (Å²) in [6.07, 6.45) is 7.42. The highest BCUT2D eigenvalue weighted by molar-refractivity contribution is 5.85. The number of aldehydes is 1. The monoisotopic (exact) mass is 474 g/mol. The van der Waals surface area contributed by atoms with Crippen molar-refractivity contribution in [1.82, 2.24) is 0 Å². The van der Waals surface area contributed by atoms with Crippen LogP contribution in [0.4, 0.5) is 0 Å². The highest BCUT2D eigenvalue weighted by Gasteiger charge is 2.71. The number of cyclic esters (lactones) is 1. The van der Waals surface area contributed by atoms with Crippen molar-refractivity contribution in [3.8, 4) is 0 Å². The summed E-state index contributed by atoms with van der Waals surface area (Å²) < 4.78 is 10.9. The van der Waals surface area contributed by atoms with E-state index in [1.54, 1.807) is 19.9 Å². The number of esters is 2. The van der Waals surface area contributed by atoms with Gasteiger partial charge in [0.25, 0.3) is 0 Å². The second-order valence-electron chi connectivity index (χ2n) is 12.2. The summed E-state index contributed by atoms with van der Waals surface area (Å²) in [4.78, 5) is 36.7. The maximum atomic E-state index is 12.8. The second kappa shape index (κ2) is 7.89. The zero-order valence-electron chi connectivity index (χ0n) is 20.5. The molecule has 0 spiro atoms. The van der Waals surface area contributed by atoms with Crippen molar-refractivity contribution in [2.75, 3.05) is 6.61 Å². The number of carbonyl (C=O) groups is 3. The molecule has 188 valence electrons. The van der Waals surface area contributed by atoms with E-state index in [-0.39, 0.29) is 48.1 Å². The zero-order valence-corrected chi connectivity index (χ0v) is 20.5. The zero-order chi connectivity index (χ0) is 24.5. The molecule has 1 heterocycles. The highest BCUT2D eigenvalue weighted by Crippen LogP contribution is 2.70. The van der Waals surface area contributed by atoms with E-state index in [1.807, 2.05) is 0 Å². The van der Waals surface area contributed by atoms with Gasteiger partial charge in [-0.3, -0.25) is 4.79 Å². The first kappa shape index (κ1) is 24.0. The molecule has 0 bridgehead atoms. The summed E-state index contributed by atoms with van der Waals surface area (Å²) in [7, 11) is 0. The Bertz CT molecular complexity index is 926. The third-order valence-electron chi connectivity index (χ3n) is 10.6. The van der Waals surface area contributed by atoms with Gasteiger partial charge in [0.05, 0.1) is 22.5 Å². The van der Waals surface area contributed by atoms with Crippen molar-refractivity contribution >= 4 is 18.2 Å². The van der Waals surface area contributed by atoms with E-state index in [1.165, 1.54) is 0 Å². The lowest BCUT2D eigenvalue weighted by Gasteiger charge is -2.65. The predicted octanol–water partition coefficient (Wildman–Crippen LogP) is 3.11. The van der Waals surface area contributed by atoms with Crippen molar-refractivity contribution in [3.63, 3.8) is 0 Å². The van der Waals surface area contributed by atoms with E-state index < -0.39 is 22.0 Å². The lowest BCUT2D eigenvalue weighted by molar-refractivity contribution is -0.250. The molecule has 34 heavy (non-hydrogen) atoms. The van der Waals surface area contributed by atoms with Gasteiger partial charge in [-0.2, -0.15) is 0 Å². The largest absolute Gasteiger partial charge is 0.462 e. The molecule has 0 radical (unpaired) electrons. The average molecular weight is 475 g/mol. The Hall–Kier alpha value is -1.73. The molecule has 0 saturated heterocycles. The van der Waals surface area contributed by atoms with Gasteiger partial charge in [-0.15, -0.1) is 0 Å². The van der Waals surface area contributed by atoms with E-state index in [0.29, 0.717) is 38.7 Å². The summed E-state index contributed by atoms with van der Waals surface area (Å²) in [6.45, 7) is 6.02. The van der Waals surface area contributed by atoms with Crippen molar-refractivity contribution in [3.05, 3.63) is 11.6 Å². The van der Waals surface area contributed by atoms with E-state index >= 15 is 0 Å². The predicted molar refractivity (Wildman–Crippen MR) is 122 cm³/mol. The van der Waals surface area contributed by atoms with Crippen LogP contribution in [0.3, 0.4) is 0 Å². The number of hydrogen-bond acceptors (Lipinski definition) is 7. The topological polar surface area (TPSA) is 110 Å². The molecule has 1 aliphatic heterocycles. The Morgan fingerprint density at radius 1 is 1.12 bits per heavy atom. The molecule has 0 aromatic carbocycles. The molecule has 5 rings (SSSR count). The number of hydrogen-bond donors (Lipinski definition) is 2. The summed E-state index contributed by atoms with van der Waals surface area (Å²) in [5.41, 5.74) is -2.53. The first-order valence-electron chi connectivity index (χ1n) is 13.0. The van der Waals surface area contributed by atoms with Gasteiger partial charge in [0, 0.05) is 17.9 Å². The fourth-order valence-electron chi connectivity index (χ4n) is 8.72. The Morgan fingerprint density at radius 2 is 1.85 bits per heavy atom. The maximum Gasteiger partial charge on any atom is 0.331 e. The average Bonchev–Trinajstić information content (AvgIpc) is 3.33. The molecule has 2 unspecified atom stereocenters. The quantitative estimate of drug-likeness (QED) is 0.476. The second-order valence-corrected chi connectivity index (χ2v) is 12.2. The Morgan fingerprint density at radius 3 is 2.50 bits per heavy atom. The van der Waals surface area contributed by atoms with Crippen LogP contribution in [-0.2, 0) is 23.9 Å². The van der Waals surface area contributed by atoms with Crippen LogP contribution < -0.4 is 0 Å².